The van der Waals surface area contributed by atoms with Crippen LogP contribution in [0, 0.1) is 0 Å². The third kappa shape index (κ3) is 2.76. The lowest BCUT2D eigenvalue weighted by molar-refractivity contribution is 0.660. The van der Waals surface area contributed by atoms with Crippen LogP contribution in [0.5, 0.6) is 0 Å². The number of rotatable bonds is 1. The van der Waals surface area contributed by atoms with E-state index >= 15 is 0 Å². The maximum Gasteiger partial charge on any atom is 0.0159 e. The average molecular weight is 487 g/mol. The predicted octanol–water partition coefficient (Wildman–Crippen LogP) is 10.3. The quantitative estimate of drug-likeness (QED) is 0.203. The van der Waals surface area contributed by atoms with Gasteiger partial charge in [-0.2, -0.15) is 0 Å². The van der Waals surface area contributed by atoms with Crippen LogP contribution in [0.1, 0.15) is 49.9 Å². The highest BCUT2D eigenvalue weighted by Crippen LogP contribution is 2.51. The first-order valence-electron chi connectivity index (χ1n) is 13.7. The first-order chi connectivity index (χ1) is 18.3. The Hall–Kier alpha value is -4.16. The summed E-state index contributed by atoms with van der Waals surface area (Å²) in [5.74, 6) is 0. The molecule has 0 saturated carbocycles. The molecule has 0 aliphatic heterocycles. The number of benzene rings is 6. The van der Waals surface area contributed by atoms with Crippen LogP contribution < -0.4 is 0 Å². The van der Waals surface area contributed by atoms with Crippen LogP contribution in [0.25, 0.3) is 54.9 Å². The number of hydrogen-bond acceptors (Lipinski definition) is 0. The molecule has 0 spiro atoms. The van der Waals surface area contributed by atoms with E-state index in [9.17, 15) is 0 Å². The van der Waals surface area contributed by atoms with Gasteiger partial charge in [0.05, 0.1) is 0 Å². The van der Waals surface area contributed by atoms with E-state index in [1.54, 1.807) is 0 Å². The van der Waals surface area contributed by atoms with Gasteiger partial charge in [0, 0.05) is 10.8 Å². The summed E-state index contributed by atoms with van der Waals surface area (Å²) in [5, 5.41) is 5.28. The summed E-state index contributed by atoms with van der Waals surface area (Å²) in [4.78, 5) is 0. The van der Waals surface area contributed by atoms with Gasteiger partial charge in [-0.05, 0) is 101 Å². The molecule has 0 heterocycles. The highest BCUT2D eigenvalue weighted by atomic mass is 14.4. The molecular weight excluding hydrogens is 456 g/mol. The lowest BCUT2D eigenvalue weighted by Crippen LogP contribution is -2.14. The Morgan fingerprint density at radius 2 is 0.868 bits per heavy atom. The van der Waals surface area contributed by atoms with E-state index in [2.05, 4.69) is 137 Å². The molecular formula is C38H30. The van der Waals surface area contributed by atoms with Crippen LogP contribution in [0.4, 0.5) is 0 Å². The topological polar surface area (TPSA) is 0 Å². The fourth-order valence-electron chi connectivity index (χ4n) is 7.33. The van der Waals surface area contributed by atoms with Gasteiger partial charge in [0.1, 0.15) is 0 Å². The van der Waals surface area contributed by atoms with Crippen LogP contribution in [0.3, 0.4) is 0 Å². The summed E-state index contributed by atoms with van der Waals surface area (Å²) in [6.07, 6.45) is 0. The lowest BCUT2D eigenvalue weighted by Gasteiger charge is -2.22. The van der Waals surface area contributed by atoms with Crippen molar-refractivity contribution in [3.05, 3.63) is 131 Å². The summed E-state index contributed by atoms with van der Waals surface area (Å²) in [6.45, 7) is 9.42. The normalized spacial score (nSPS) is 15.8. The molecule has 2 aliphatic rings. The minimum Gasteiger partial charge on any atom is -0.0619 e. The molecule has 8 rings (SSSR count). The van der Waals surface area contributed by atoms with Gasteiger partial charge in [-0.25, -0.2) is 0 Å². The molecule has 0 atom stereocenters. The average Bonchev–Trinajstić information content (AvgIpc) is 3.31. The fourth-order valence-corrected chi connectivity index (χ4v) is 7.33. The van der Waals surface area contributed by atoms with Crippen LogP contribution in [0.15, 0.2) is 109 Å². The molecule has 6 aromatic rings. The van der Waals surface area contributed by atoms with E-state index in [0.29, 0.717) is 0 Å². The van der Waals surface area contributed by atoms with Gasteiger partial charge in [-0.1, -0.05) is 113 Å². The van der Waals surface area contributed by atoms with Crippen molar-refractivity contribution in [2.75, 3.05) is 0 Å². The zero-order valence-corrected chi connectivity index (χ0v) is 22.4. The summed E-state index contributed by atoms with van der Waals surface area (Å²) in [7, 11) is 0. The van der Waals surface area contributed by atoms with Gasteiger partial charge < -0.3 is 0 Å². The summed E-state index contributed by atoms with van der Waals surface area (Å²) in [6, 6.07) is 41.3. The monoisotopic (exact) mass is 486 g/mol. The standard InChI is InChI=1S/C38H30/c1-37(2)33-11-7-5-9-27(33)31-20-25(17-18-35(31)37)24-15-13-23-14-16-26-21-32-28-10-6-8-12-34(28)38(3,4)36(32)22-30(26)29(23)19-24/h5-22H,1-4H3. The molecule has 2 aliphatic carbocycles. The zero-order chi connectivity index (χ0) is 25.8. The highest BCUT2D eigenvalue weighted by molar-refractivity contribution is 6.11. The van der Waals surface area contributed by atoms with Crippen LogP contribution >= 0.6 is 0 Å². The van der Waals surface area contributed by atoms with Gasteiger partial charge in [0.2, 0.25) is 0 Å². The van der Waals surface area contributed by atoms with Gasteiger partial charge >= 0.3 is 0 Å². The Morgan fingerprint density at radius 1 is 0.368 bits per heavy atom. The first kappa shape index (κ1) is 21.9. The van der Waals surface area contributed by atoms with Gasteiger partial charge in [0.15, 0.2) is 0 Å². The van der Waals surface area contributed by atoms with Crippen molar-refractivity contribution >= 4 is 21.5 Å². The van der Waals surface area contributed by atoms with E-state index < -0.39 is 0 Å². The number of hydrogen-bond donors (Lipinski definition) is 0. The molecule has 0 aromatic heterocycles. The fraction of sp³-hybridized carbons (Fsp3) is 0.158. The second-order valence-corrected chi connectivity index (χ2v) is 12.2. The molecule has 6 aromatic carbocycles. The Balaban J connectivity index is 1.33. The second kappa shape index (κ2) is 7.23. The molecule has 0 unspecified atom stereocenters. The molecule has 0 N–H and O–H groups in total. The van der Waals surface area contributed by atoms with Gasteiger partial charge in [-0.3, -0.25) is 0 Å². The van der Waals surface area contributed by atoms with Crippen molar-refractivity contribution in [1.29, 1.82) is 0 Å². The van der Waals surface area contributed by atoms with Crippen molar-refractivity contribution < 1.29 is 0 Å². The molecule has 0 nitrogen and oxygen atoms in total. The summed E-state index contributed by atoms with van der Waals surface area (Å²) < 4.78 is 0. The van der Waals surface area contributed by atoms with E-state index in [0.717, 1.165) is 0 Å². The van der Waals surface area contributed by atoms with E-state index in [1.165, 1.54) is 77.2 Å². The minimum atomic E-state index is 0.0000698. The number of fused-ring (bicyclic) bond motifs is 9. The molecule has 182 valence electrons. The largest absolute Gasteiger partial charge is 0.0619 e. The zero-order valence-electron chi connectivity index (χ0n) is 22.4. The SMILES string of the molecule is CC1(C)c2ccccc2-c2cc(-c3ccc4ccc5cc6c(cc5c4c3)C(C)(C)c3ccccc3-6)ccc21. The van der Waals surface area contributed by atoms with E-state index in [4.69, 9.17) is 0 Å². The first-order valence-corrected chi connectivity index (χ1v) is 13.7. The predicted molar refractivity (Wildman–Crippen MR) is 162 cm³/mol. The van der Waals surface area contributed by atoms with Crippen molar-refractivity contribution in [3.8, 4) is 33.4 Å². The lowest BCUT2D eigenvalue weighted by atomic mass is 9.81. The molecule has 0 fully saturated rings. The Bertz CT molecular complexity index is 1970. The third-order valence-electron chi connectivity index (χ3n) is 9.46. The van der Waals surface area contributed by atoms with Gasteiger partial charge in [0.25, 0.3) is 0 Å². The van der Waals surface area contributed by atoms with Crippen molar-refractivity contribution in [3.63, 3.8) is 0 Å². The third-order valence-corrected chi connectivity index (χ3v) is 9.46. The van der Waals surface area contributed by atoms with Crippen LogP contribution in [0.2, 0.25) is 0 Å². The minimum absolute atomic E-state index is 0.0000698. The van der Waals surface area contributed by atoms with Crippen molar-refractivity contribution in [2.24, 2.45) is 0 Å². The molecule has 0 heteroatoms. The maximum atomic E-state index is 2.47. The Kier molecular flexibility index (Phi) is 4.17. The summed E-state index contributed by atoms with van der Waals surface area (Å²) >= 11 is 0. The smallest absolute Gasteiger partial charge is 0.0159 e. The Labute approximate surface area is 224 Å². The second-order valence-electron chi connectivity index (χ2n) is 12.2. The summed E-state index contributed by atoms with van der Waals surface area (Å²) in [5.41, 5.74) is 13.8. The molecule has 38 heavy (non-hydrogen) atoms. The molecule has 0 radical (unpaired) electrons. The molecule has 0 amide bonds. The van der Waals surface area contributed by atoms with Crippen molar-refractivity contribution in [1.82, 2.24) is 0 Å². The van der Waals surface area contributed by atoms with E-state index in [-0.39, 0.29) is 10.8 Å². The van der Waals surface area contributed by atoms with Crippen LogP contribution in [-0.4, -0.2) is 0 Å². The van der Waals surface area contributed by atoms with Crippen LogP contribution in [-0.2, 0) is 10.8 Å². The molecule has 0 saturated heterocycles. The highest BCUT2D eigenvalue weighted by Gasteiger charge is 2.36. The van der Waals surface area contributed by atoms with Crippen molar-refractivity contribution in [2.45, 2.75) is 38.5 Å². The maximum absolute atomic E-state index is 2.47. The Morgan fingerprint density at radius 3 is 1.61 bits per heavy atom. The van der Waals surface area contributed by atoms with E-state index in [1.807, 2.05) is 0 Å². The molecule has 0 bridgehead atoms. The van der Waals surface area contributed by atoms with Gasteiger partial charge in [-0.15, -0.1) is 0 Å².